The van der Waals surface area contributed by atoms with Crippen LogP contribution in [0.15, 0.2) is 17.5 Å². The average Bonchev–Trinajstić information content (AvgIpc) is 3.05. The van der Waals surface area contributed by atoms with Crippen molar-refractivity contribution >= 4 is 23.3 Å². The SMILES string of the molecule is CC(C)(C)OC(=O)CN1CCN(CC(=O)O)CCN(Cc2cccs2)CC1. The highest BCUT2D eigenvalue weighted by molar-refractivity contribution is 7.09. The second-order valence-corrected chi connectivity index (χ2v) is 8.92. The number of nitrogens with zero attached hydrogens (tertiary/aromatic N) is 3. The molecule has 0 amide bonds. The van der Waals surface area contributed by atoms with E-state index < -0.39 is 11.6 Å². The monoisotopic (exact) mass is 397 g/mol. The van der Waals surface area contributed by atoms with Crippen molar-refractivity contribution in [2.24, 2.45) is 0 Å². The van der Waals surface area contributed by atoms with Crippen LogP contribution in [0.2, 0.25) is 0 Å². The summed E-state index contributed by atoms with van der Waals surface area (Å²) in [5, 5.41) is 11.2. The van der Waals surface area contributed by atoms with Crippen LogP contribution < -0.4 is 0 Å². The van der Waals surface area contributed by atoms with E-state index >= 15 is 0 Å². The minimum absolute atomic E-state index is 0.0210. The Hall–Kier alpha value is -1.48. The standard InChI is InChI=1S/C19H31N3O4S/c1-19(2,3)26-18(25)15-22-10-7-20(13-16-5-4-12-27-16)6-8-21(9-11-22)14-17(23)24/h4-5,12H,6-11,13-15H2,1-3H3,(H,23,24). The van der Waals surface area contributed by atoms with Crippen molar-refractivity contribution < 1.29 is 19.4 Å². The first kappa shape index (κ1) is 21.8. The Bertz CT molecular complexity index is 601. The summed E-state index contributed by atoms with van der Waals surface area (Å²) in [5.74, 6) is -1.06. The first-order valence-corrected chi connectivity index (χ1v) is 10.2. The smallest absolute Gasteiger partial charge is 0.320 e. The Morgan fingerprint density at radius 2 is 1.59 bits per heavy atom. The number of carboxylic acids is 1. The van der Waals surface area contributed by atoms with Crippen LogP contribution in [0, 0.1) is 0 Å². The zero-order chi connectivity index (χ0) is 19.9. The van der Waals surface area contributed by atoms with Gasteiger partial charge in [0.25, 0.3) is 0 Å². The Kier molecular flexibility index (Phi) is 8.22. The lowest BCUT2D eigenvalue weighted by Gasteiger charge is -2.26. The maximum atomic E-state index is 12.2. The largest absolute Gasteiger partial charge is 0.480 e. The van der Waals surface area contributed by atoms with Gasteiger partial charge in [0, 0.05) is 50.7 Å². The number of esters is 1. The van der Waals surface area contributed by atoms with Crippen LogP contribution >= 0.6 is 11.3 Å². The highest BCUT2D eigenvalue weighted by Gasteiger charge is 2.22. The van der Waals surface area contributed by atoms with E-state index in [-0.39, 0.29) is 19.1 Å². The van der Waals surface area contributed by atoms with Gasteiger partial charge in [-0.15, -0.1) is 11.3 Å². The third-order valence-corrected chi connectivity index (χ3v) is 5.15. The summed E-state index contributed by atoms with van der Waals surface area (Å²) in [6, 6.07) is 4.16. The van der Waals surface area contributed by atoms with Gasteiger partial charge in [0.05, 0.1) is 13.1 Å². The minimum Gasteiger partial charge on any atom is -0.480 e. The Morgan fingerprint density at radius 3 is 2.07 bits per heavy atom. The number of aliphatic carboxylic acids is 1. The molecule has 1 aliphatic rings. The number of rotatable bonds is 6. The van der Waals surface area contributed by atoms with Crippen molar-refractivity contribution in [3.8, 4) is 0 Å². The average molecular weight is 398 g/mol. The van der Waals surface area contributed by atoms with E-state index in [0.29, 0.717) is 19.6 Å². The van der Waals surface area contributed by atoms with Crippen molar-refractivity contribution in [2.45, 2.75) is 32.9 Å². The van der Waals surface area contributed by atoms with E-state index in [4.69, 9.17) is 9.84 Å². The van der Waals surface area contributed by atoms with E-state index in [1.54, 1.807) is 11.3 Å². The number of carboxylic acid groups (broad SMARTS) is 1. The molecule has 0 radical (unpaired) electrons. The number of carbonyl (C=O) groups excluding carboxylic acids is 1. The summed E-state index contributed by atoms with van der Waals surface area (Å²) in [6.45, 7) is 11.1. The molecule has 0 aromatic carbocycles. The fourth-order valence-corrected chi connectivity index (χ4v) is 3.78. The highest BCUT2D eigenvalue weighted by atomic mass is 32.1. The second-order valence-electron chi connectivity index (χ2n) is 7.89. The van der Waals surface area contributed by atoms with E-state index in [2.05, 4.69) is 21.2 Å². The molecule has 152 valence electrons. The molecule has 2 rings (SSSR count). The lowest BCUT2D eigenvalue weighted by Crippen LogP contribution is -2.41. The van der Waals surface area contributed by atoms with Gasteiger partial charge in [-0.1, -0.05) is 6.07 Å². The molecule has 1 N–H and O–H groups in total. The van der Waals surface area contributed by atoms with Crippen molar-refractivity contribution in [2.75, 3.05) is 52.4 Å². The summed E-state index contributed by atoms with van der Waals surface area (Å²) in [6.07, 6.45) is 0. The van der Waals surface area contributed by atoms with E-state index in [0.717, 1.165) is 26.2 Å². The minimum atomic E-state index is -0.822. The van der Waals surface area contributed by atoms with Gasteiger partial charge in [-0.3, -0.25) is 24.3 Å². The lowest BCUT2D eigenvalue weighted by atomic mass is 10.2. The molecule has 7 nitrogen and oxygen atoms in total. The van der Waals surface area contributed by atoms with Crippen LogP contribution in [0.1, 0.15) is 25.6 Å². The number of hydrogen-bond donors (Lipinski definition) is 1. The van der Waals surface area contributed by atoms with E-state index in [1.807, 2.05) is 31.7 Å². The fourth-order valence-electron chi connectivity index (χ4n) is 3.03. The molecule has 1 aromatic rings. The third-order valence-electron chi connectivity index (χ3n) is 4.29. The van der Waals surface area contributed by atoms with Gasteiger partial charge < -0.3 is 9.84 Å². The van der Waals surface area contributed by atoms with Gasteiger partial charge in [0.2, 0.25) is 0 Å². The molecule has 27 heavy (non-hydrogen) atoms. The summed E-state index contributed by atoms with van der Waals surface area (Å²) in [5.41, 5.74) is -0.503. The molecular weight excluding hydrogens is 366 g/mol. The number of thiophene rings is 1. The fraction of sp³-hybridized carbons (Fsp3) is 0.684. The molecule has 1 aromatic heterocycles. The molecular formula is C19H31N3O4S. The topological polar surface area (TPSA) is 73.3 Å². The van der Waals surface area contributed by atoms with Crippen LogP contribution in [0.3, 0.4) is 0 Å². The van der Waals surface area contributed by atoms with Gasteiger partial charge in [0.1, 0.15) is 5.60 Å². The van der Waals surface area contributed by atoms with Gasteiger partial charge in [-0.05, 0) is 32.2 Å². The molecule has 0 bridgehead atoms. The molecule has 0 spiro atoms. The normalized spacial score (nSPS) is 18.5. The summed E-state index contributed by atoms with van der Waals surface area (Å²) < 4.78 is 5.45. The first-order valence-electron chi connectivity index (χ1n) is 9.34. The van der Waals surface area contributed by atoms with Crippen molar-refractivity contribution in [1.29, 1.82) is 0 Å². The lowest BCUT2D eigenvalue weighted by molar-refractivity contribution is -0.156. The third kappa shape index (κ3) is 8.83. The van der Waals surface area contributed by atoms with Crippen LogP contribution in [0.5, 0.6) is 0 Å². The van der Waals surface area contributed by atoms with Crippen LogP contribution in [0.25, 0.3) is 0 Å². The maximum absolute atomic E-state index is 12.2. The van der Waals surface area contributed by atoms with Crippen molar-refractivity contribution in [1.82, 2.24) is 14.7 Å². The number of ether oxygens (including phenoxy) is 1. The molecule has 0 atom stereocenters. The Balaban J connectivity index is 2.00. The number of hydrogen-bond acceptors (Lipinski definition) is 7. The summed E-state index contributed by atoms with van der Waals surface area (Å²) in [4.78, 5) is 31.0. The highest BCUT2D eigenvalue weighted by Crippen LogP contribution is 2.13. The van der Waals surface area contributed by atoms with Gasteiger partial charge in [-0.25, -0.2) is 0 Å². The van der Waals surface area contributed by atoms with Crippen LogP contribution in [0.4, 0.5) is 0 Å². The molecule has 0 unspecified atom stereocenters. The molecule has 1 aliphatic heterocycles. The van der Waals surface area contributed by atoms with E-state index in [9.17, 15) is 9.59 Å². The van der Waals surface area contributed by atoms with Gasteiger partial charge in [0.15, 0.2) is 0 Å². The molecule has 0 saturated carbocycles. The van der Waals surface area contributed by atoms with Crippen molar-refractivity contribution in [3.63, 3.8) is 0 Å². The van der Waals surface area contributed by atoms with Gasteiger partial charge >= 0.3 is 11.9 Å². The molecule has 1 fully saturated rings. The Labute approximate surface area is 165 Å². The molecule has 8 heteroatoms. The van der Waals surface area contributed by atoms with Crippen LogP contribution in [-0.2, 0) is 20.9 Å². The predicted molar refractivity (Wildman–Crippen MR) is 106 cm³/mol. The van der Waals surface area contributed by atoms with Crippen LogP contribution in [-0.4, -0.2) is 89.7 Å². The first-order chi connectivity index (χ1) is 12.7. The van der Waals surface area contributed by atoms with Gasteiger partial charge in [-0.2, -0.15) is 0 Å². The zero-order valence-electron chi connectivity index (χ0n) is 16.5. The number of carbonyl (C=O) groups is 2. The summed E-state index contributed by atoms with van der Waals surface area (Å²) >= 11 is 1.73. The van der Waals surface area contributed by atoms with E-state index in [1.165, 1.54) is 4.88 Å². The maximum Gasteiger partial charge on any atom is 0.320 e. The predicted octanol–water partition coefficient (Wildman–Crippen LogP) is 1.59. The molecule has 2 heterocycles. The van der Waals surface area contributed by atoms with Crippen molar-refractivity contribution in [3.05, 3.63) is 22.4 Å². The summed E-state index contributed by atoms with van der Waals surface area (Å²) in [7, 11) is 0. The molecule has 1 saturated heterocycles. The quantitative estimate of drug-likeness (QED) is 0.731. The second kappa shape index (κ2) is 10.2. The molecule has 0 aliphatic carbocycles. The Morgan fingerprint density at radius 1 is 1.04 bits per heavy atom. The zero-order valence-corrected chi connectivity index (χ0v) is 17.3.